The number of rotatable bonds is 3. The van der Waals surface area contributed by atoms with Gasteiger partial charge in [0.25, 0.3) is 5.91 Å². The van der Waals surface area contributed by atoms with Crippen molar-refractivity contribution < 1.29 is 9.59 Å². The number of para-hydroxylation sites is 1. The number of H-pyrrole nitrogens is 1. The topological polar surface area (TPSA) is 56.4 Å². The first-order valence-electron chi connectivity index (χ1n) is 8.99. The van der Waals surface area contributed by atoms with Gasteiger partial charge in [-0.2, -0.15) is 0 Å². The summed E-state index contributed by atoms with van der Waals surface area (Å²) < 4.78 is 0. The van der Waals surface area contributed by atoms with E-state index in [0.29, 0.717) is 43.2 Å². The zero-order chi connectivity index (χ0) is 18.8. The van der Waals surface area contributed by atoms with Crippen molar-refractivity contribution >= 4 is 34.3 Å². The van der Waals surface area contributed by atoms with Crippen LogP contribution in [-0.4, -0.2) is 52.8 Å². The Balaban J connectivity index is 1.36. The number of hydrogen-bond donors (Lipinski definition) is 1. The van der Waals surface area contributed by atoms with E-state index in [9.17, 15) is 9.59 Å². The highest BCUT2D eigenvalue weighted by Crippen LogP contribution is 2.19. The third kappa shape index (κ3) is 3.69. The number of aromatic amines is 1. The minimum Gasteiger partial charge on any atom is -0.361 e. The second-order valence-corrected chi connectivity index (χ2v) is 7.15. The van der Waals surface area contributed by atoms with E-state index in [0.717, 1.165) is 16.5 Å². The minimum absolute atomic E-state index is 0.0182. The van der Waals surface area contributed by atoms with Crippen LogP contribution in [0.4, 0.5) is 0 Å². The van der Waals surface area contributed by atoms with Crippen molar-refractivity contribution in [3.05, 3.63) is 70.9 Å². The zero-order valence-electron chi connectivity index (χ0n) is 14.8. The fraction of sp³-hybridized carbons (Fsp3) is 0.238. The van der Waals surface area contributed by atoms with Crippen LogP contribution in [0, 0.1) is 0 Å². The smallest absolute Gasteiger partial charge is 0.253 e. The Kier molecular flexibility index (Phi) is 4.86. The van der Waals surface area contributed by atoms with Gasteiger partial charge < -0.3 is 14.8 Å². The Labute approximate surface area is 162 Å². The van der Waals surface area contributed by atoms with E-state index in [4.69, 9.17) is 11.6 Å². The molecule has 6 heteroatoms. The molecule has 0 aliphatic carbocycles. The Morgan fingerprint density at radius 3 is 2.33 bits per heavy atom. The van der Waals surface area contributed by atoms with Gasteiger partial charge in [0.15, 0.2) is 0 Å². The lowest BCUT2D eigenvalue weighted by Crippen LogP contribution is -2.51. The molecular weight excluding hydrogens is 362 g/mol. The standard InChI is InChI=1S/C21H20ClN3O2/c22-17-7-5-15(6-8-17)21(27)25-11-9-24(10-12-25)20(26)13-16-14-23-19-4-2-1-3-18(16)19/h1-8,14,23H,9-13H2. The number of amides is 2. The molecule has 1 aliphatic heterocycles. The second-order valence-electron chi connectivity index (χ2n) is 6.72. The van der Waals surface area contributed by atoms with Crippen molar-refractivity contribution in [3.63, 3.8) is 0 Å². The molecule has 138 valence electrons. The van der Waals surface area contributed by atoms with E-state index in [1.54, 1.807) is 29.2 Å². The molecule has 1 fully saturated rings. The highest BCUT2D eigenvalue weighted by molar-refractivity contribution is 6.30. The lowest BCUT2D eigenvalue weighted by molar-refractivity contribution is -0.131. The first-order valence-corrected chi connectivity index (χ1v) is 9.37. The number of piperazine rings is 1. The molecule has 0 saturated carbocycles. The van der Waals surface area contributed by atoms with Crippen LogP contribution < -0.4 is 0 Å². The van der Waals surface area contributed by atoms with Crippen LogP contribution in [0.3, 0.4) is 0 Å². The molecule has 0 bridgehead atoms. The maximum absolute atomic E-state index is 12.7. The Bertz CT molecular complexity index is 973. The summed E-state index contributed by atoms with van der Waals surface area (Å²) in [7, 11) is 0. The molecule has 0 radical (unpaired) electrons. The molecule has 4 rings (SSSR count). The normalized spacial score (nSPS) is 14.6. The van der Waals surface area contributed by atoms with Gasteiger partial charge in [-0.25, -0.2) is 0 Å². The summed E-state index contributed by atoms with van der Waals surface area (Å²) in [5, 5.41) is 1.70. The predicted octanol–water partition coefficient (Wildman–Crippen LogP) is 3.35. The molecule has 1 aromatic heterocycles. The molecule has 2 heterocycles. The summed E-state index contributed by atoms with van der Waals surface area (Å²) in [4.78, 5) is 32.1. The van der Waals surface area contributed by atoms with Gasteiger partial charge in [0.05, 0.1) is 6.42 Å². The Morgan fingerprint density at radius 1 is 0.926 bits per heavy atom. The van der Waals surface area contributed by atoms with Crippen LogP contribution in [0.15, 0.2) is 54.7 Å². The Hall–Kier alpha value is -2.79. The number of carbonyl (C=O) groups excluding carboxylic acids is 2. The monoisotopic (exact) mass is 381 g/mol. The maximum Gasteiger partial charge on any atom is 0.253 e. The van der Waals surface area contributed by atoms with E-state index >= 15 is 0 Å². The Morgan fingerprint density at radius 2 is 1.59 bits per heavy atom. The third-order valence-corrected chi connectivity index (χ3v) is 5.28. The van der Waals surface area contributed by atoms with Crippen LogP contribution in [0.2, 0.25) is 5.02 Å². The summed E-state index contributed by atoms with van der Waals surface area (Å²) in [5.41, 5.74) is 2.67. The molecule has 0 unspecified atom stereocenters. The molecule has 1 aliphatic rings. The highest BCUT2D eigenvalue weighted by Gasteiger charge is 2.25. The summed E-state index contributed by atoms with van der Waals surface area (Å²) in [6.45, 7) is 2.20. The van der Waals surface area contributed by atoms with Gasteiger partial charge in [-0.1, -0.05) is 29.8 Å². The number of aromatic nitrogens is 1. The SMILES string of the molecule is O=C(Cc1c[nH]c2ccccc12)N1CCN(C(=O)c2ccc(Cl)cc2)CC1. The third-order valence-electron chi connectivity index (χ3n) is 5.03. The first kappa shape index (κ1) is 17.6. The molecule has 0 atom stereocenters. The summed E-state index contributed by atoms with van der Waals surface area (Å²) in [6, 6.07) is 14.9. The lowest BCUT2D eigenvalue weighted by Gasteiger charge is -2.35. The van der Waals surface area contributed by atoms with Gasteiger partial charge in [0, 0.05) is 53.9 Å². The van der Waals surface area contributed by atoms with E-state index < -0.39 is 0 Å². The quantitative estimate of drug-likeness (QED) is 0.756. The van der Waals surface area contributed by atoms with Crippen LogP contribution in [-0.2, 0) is 11.2 Å². The average Bonchev–Trinajstić information content (AvgIpc) is 3.11. The number of hydrogen-bond acceptors (Lipinski definition) is 2. The molecule has 27 heavy (non-hydrogen) atoms. The van der Waals surface area contributed by atoms with Crippen molar-refractivity contribution in [2.24, 2.45) is 0 Å². The number of fused-ring (bicyclic) bond motifs is 1. The van der Waals surface area contributed by atoms with Crippen LogP contribution in [0.1, 0.15) is 15.9 Å². The molecule has 0 spiro atoms. The summed E-state index contributed by atoms with van der Waals surface area (Å²) in [6.07, 6.45) is 2.28. The number of halogens is 1. The minimum atomic E-state index is -0.0182. The van der Waals surface area contributed by atoms with E-state index in [1.807, 2.05) is 35.4 Å². The van der Waals surface area contributed by atoms with Gasteiger partial charge in [-0.05, 0) is 35.9 Å². The van der Waals surface area contributed by atoms with Crippen molar-refractivity contribution in [1.82, 2.24) is 14.8 Å². The van der Waals surface area contributed by atoms with Gasteiger partial charge in [0.2, 0.25) is 5.91 Å². The van der Waals surface area contributed by atoms with Crippen LogP contribution in [0.25, 0.3) is 10.9 Å². The average molecular weight is 382 g/mol. The molecule has 2 amide bonds. The maximum atomic E-state index is 12.7. The number of nitrogens with zero attached hydrogens (tertiary/aromatic N) is 2. The van der Waals surface area contributed by atoms with Gasteiger partial charge in [0.1, 0.15) is 0 Å². The van der Waals surface area contributed by atoms with E-state index in [1.165, 1.54) is 0 Å². The van der Waals surface area contributed by atoms with Crippen LogP contribution in [0.5, 0.6) is 0 Å². The molecule has 1 N–H and O–H groups in total. The number of carbonyl (C=O) groups is 2. The van der Waals surface area contributed by atoms with Gasteiger partial charge >= 0.3 is 0 Å². The highest BCUT2D eigenvalue weighted by atomic mass is 35.5. The number of benzene rings is 2. The summed E-state index contributed by atoms with van der Waals surface area (Å²) in [5.74, 6) is 0.0775. The molecule has 5 nitrogen and oxygen atoms in total. The van der Waals surface area contributed by atoms with Gasteiger partial charge in [-0.15, -0.1) is 0 Å². The molecular formula is C21H20ClN3O2. The fourth-order valence-electron chi connectivity index (χ4n) is 3.49. The van der Waals surface area contributed by atoms with Crippen molar-refractivity contribution in [1.29, 1.82) is 0 Å². The predicted molar refractivity (Wildman–Crippen MR) is 106 cm³/mol. The molecule has 3 aromatic rings. The first-order chi connectivity index (χ1) is 13.1. The van der Waals surface area contributed by atoms with Crippen molar-refractivity contribution in [2.45, 2.75) is 6.42 Å². The lowest BCUT2D eigenvalue weighted by atomic mass is 10.1. The van der Waals surface area contributed by atoms with Crippen molar-refractivity contribution in [3.8, 4) is 0 Å². The van der Waals surface area contributed by atoms with E-state index in [-0.39, 0.29) is 11.8 Å². The van der Waals surface area contributed by atoms with Gasteiger partial charge in [-0.3, -0.25) is 9.59 Å². The van der Waals surface area contributed by atoms with Crippen LogP contribution >= 0.6 is 11.6 Å². The molecule has 1 saturated heterocycles. The fourth-order valence-corrected chi connectivity index (χ4v) is 3.61. The number of nitrogens with one attached hydrogen (secondary N) is 1. The second kappa shape index (κ2) is 7.45. The molecule has 2 aromatic carbocycles. The summed E-state index contributed by atoms with van der Waals surface area (Å²) >= 11 is 5.88. The largest absolute Gasteiger partial charge is 0.361 e. The van der Waals surface area contributed by atoms with Crippen molar-refractivity contribution in [2.75, 3.05) is 26.2 Å². The van der Waals surface area contributed by atoms with E-state index in [2.05, 4.69) is 4.98 Å². The zero-order valence-corrected chi connectivity index (χ0v) is 15.6.